The number of rotatable bonds is 2. The molecule has 0 bridgehead atoms. The Bertz CT molecular complexity index is 581. The van der Waals surface area contributed by atoms with Crippen molar-refractivity contribution < 1.29 is 9.18 Å². The van der Waals surface area contributed by atoms with E-state index in [0.29, 0.717) is 10.6 Å². The quantitative estimate of drug-likeness (QED) is 0.870. The van der Waals surface area contributed by atoms with Gasteiger partial charge in [-0.15, -0.1) is 0 Å². The molecular weight excluding hydrogens is 253 g/mol. The first-order chi connectivity index (χ1) is 8.56. The SMILES string of the molecule is Cc1ccc(NC(=O)c2ccc(Cl)cc2)c(F)c1. The maximum atomic E-state index is 13.6. The summed E-state index contributed by atoms with van der Waals surface area (Å²) in [5, 5.41) is 3.07. The van der Waals surface area contributed by atoms with Crippen molar-refractivity contribution >= 4 is 23.2 Å². The highest BCUT2D eigenvalue weighted by molar-refractivity contribution is 6.30. The fraction of sp³-hybridized carbons (Fsp3) is 0.0714. The van der Waals surface area contributed by atoms with Crippen LogP contribution in [-0.4, -0.2) is 5.91 Å². The zero-order chi connectivity index (χ0) is 13.1. The minimum absolute atomic E-state index is 0.167. The Hall–Kier alpha value is -1.87. The molecule has 18 heavy (non-hydrogen) atoms. The third-order valence-electron chi connectivity index (χ3n) is 2.48. The summed E-state index contributed by atoms with van der Waals surface area (Å²) in [6.45, 7) is 1.79. The van der Waals surface area contributed by atoms with Gasteiger partial charge in [-0.05, 0) is 48.9 Å². The predicted molar refractivity (Wildman–Crippen MR) is 70.5 cm³/mol. The number of hydrogen-bond donors (Lipinski definition) is 1. The molecule has 0 aromatic heterocycles. The Morgan fingerprint density at radius 2 is 1.83 bits per heavy atom. The molecule has 92 valence electrons. The summed E-state index contributed by atoms with van der Waals surface area (Å²) in [7, 11) is 0. The maximum Gasteiger partial charge on any atom is 0.255 e. The Kier molecular flexibility index (Phi) is 3.63. The van der Waals surface area contributed by atoms with Crippen LogP contribution in [0.5, 0.6) is 0 Å². The number of anilines is 1. The molecular formula is C14H11ClFNO. The van der Waals surface area contributed by atoms with Gasteiger partial charge in [0.1, 0.15) is 5.82 Å². The molecule has 0 aliphatic heterocycles. The molecule has 2 nitrogen and oxygen atoms in total. The van der Waals surface area contributed by atoms with E-state index in [0.717, 1.165) is 5.56 Å². The van der Waals surface area contributed by atoms with E-state index in [9.17, 15) is 9.18 Å². The second-order valence-corrected chi connectivity index (χ2v) is 4.38. The fourth-order valence-corrected chi connectivity index (χ4v) is 1.64. The molecule has 4 heteroatoms. The lowest BCUT2D eigenvalue weighted by Gasteiger charge is -2.07. The first-order valence-corrected chi connectivity index (χ1v) is 5.77. The molecule has 0 heterocycles. The standard InChI is InChI=1S/C14H11ClFNO/c1-9-2-7-13(12(16)8-9)17-14(18)10-3-5-11(15)6-4-10/h2-8H,1H3,(H,17,18). The van der Waals surface area contributed by atoms with Crippen molar-refractivity contribution in [1.29, 1.82) is 0 Å². The van der Waals surface area contributed by atoms with Crippen molar-refractivity contribution in [3.63, 3.8) is 0 Å². The van der Waals surface area contributed by atoms with E-state index in [-0.39, 0.29) is 11.6 Å². The number of benzene rings is 2. The van der Waals surface area contributed by atoms with Gasteiger partial charge >= 0.3 is 0 Å². The molecule has 0 aliphatic carbocycles. The van der Waals surface area contributed by atoms with Crippen LogP contribution in [0.3, 0.4) is 0 Å². The summed E-state index contributed by atoms with van der Waals surface area (Å²) < 4.78 is 13.6. The number of hydrogen-bond acceptors (Lipinski definition) is 1. The molecule has 0 spiro atoms. The highest BCUT2D eigenvalue weighted by atomic mass is 35.5. The largest absolute Gasteiger partial charge is 0.319 e. The molecule has 0 fully saturated rings. The van der Waals surface area contributed by atoms with Crippen molar-refractivity contribution in [2.45, 2.75) is 6.92 Å². The van der Waals surface area contributed by atoms with E-state index in [4.69, 9.17) is 11.6 Å². The molecule has 1 N–H and O–H groups in total. The molecule has 0 unspecified atom stereocenters. The molecule has 2 aromatic carbocycles. The highest BCUT2D eigenvalue weighted by Crippen LogP contribution is 2.17. The van der Waals surface area contributed by atoms with Gasteiger partial charge in [0.25, 0.3) is 5.91 Å². The van der Waals surface area contributed by atoms with Crippen LogP contribution < -0.4 is 5.32 Å². The lowest BCUT2D eigenvalue weighted by molar-refractivity contribution is 0.102. The molecule has 2 rings (SSSR count). The molecule has 0 atom stereocenters. The smallest absolute Gasteiger partial charge is 0.255 e. The van der Waals surface area contributed by atoms with E-state index in [1.54, 1.807) is 43.3 Å². The summed E-state index contributed by atoms with van der Waals surface area (Å²) in [4.78, 5) is 11.8. The van der Waals surface area contributed by atoms with Crippen LogP contribution in [0.2, 0.25) is 5.02 Å². The van der Waals surface area contributed by atoms with Crippen LogP contribution in [0.4, 0.5) is 10.1 Å². The summed E-state index contributed by atoms with van der Waals surface area (Å²) in [5.41, 5.74) is 1.40. The molecule has 0 radical (unpaired) electrons. The topological polar surface area (TPSA) is 29.1 Å². The number of aryl methyl sites for hydroxylation is 1. The lowest BCUT2D eigenvalue weighted by atomic mass is 10.2. The summed E-state index contributed by atoms with van der Waals surface area (Å²) in [6.07, 6.45) is 0. The lowest BCUT2D eigenvalue weighted by Crippen LogP contribution is -2.12. The van der Waals surface area contributed by atoms with E-state index in [2.05, 4.69) is 5.32 Å². The normalized spacial score (nSPS) is 10.2. The number of amides is 1. The Morgan fingerprint density at radius 1 is 1.17 bits per heavy atom. The minimum atomic E-state index is -0.447. The van der Waals surface area contributed by atoms with Gasteiger partial charge in [-0.3, -0.25) is 4.79 Å². The summed E-state index contributed by atoms with van der Waals surface area (Å²) in [5.74, 6) is -0.813. The average molecular weight is 264 g/mol. The predicted octanol–water partition coefficient (Wildman–Crippen LogP) is 4.04. The fourth-order valence-electron chi connectivity index (χ4n) is 1.52. The number of carbonyl (C=O) groups excluding carboxylic acids is 1. The van der Waals surface area contributed by atoms with Crippen LogP contribution in [-0.2, 0) is 0 Å². The van der Waals surface area contributed by atoms with Crippen LogP contribution in [0.1, 0.15) is 15.9 Å². The number of nitrogens with one attached hydrogen (secondary N) is 1. The zero-order valence-electron chi connectivity index (χ0n) is 9.71. The molecule has 1 amide bonds. The van der Waals surface area contributed by atoms with Crippen LogP contribution in [0.25, 0.3) is 0 Å². The number of halogens is 2. The molecule has 0 saturated carbocycles. The second kappa shape index (κ2) is 5.19. The third kappa shape index (κ3) is 2.87. The summed E-state index contributed by atoms with van der Waals surface area (Å²) in [6, 6.07) is 11.0. The van der Waals surface area contributed by atoms with Gasteiger partial charge < -0.3 is 5.32 Å². The summed E-state index contributed by atoms with van der Waals surface area (Å²) >= 11 is 5.73. The van der Waals surface area contributed by atoms with Crippen LogP contribution in [0, 0.1) is 12.7 Å². The van der Waals surface area contributed by atoms with Crippen molar-refractivity contribution in [3.8, 4) is 0 Å². The number of carbonyl (C=O) groups is 1. The average Bonchev–Trinajstić information content (AvgIpc) is 2.33. The van der Waals surface area contributed by atoms with Crippen molar-refractivity contribution in [2.24, 2.45) is 0 Å². The Morgan fingerprint density at radius 3 is 2.44 bits per heavy atom. The van der Waals surface area contributed by atoms with Gasteiger partial charge in [0.05, 0.1) is 5.69 Å². The Balaban J connectivity index is 2.18. The molecule has 2 aromatic rings. The molecule has 0 aliphatic rings. The van der Waals surface area contributed by atoms with Crippen LogP contribution in [0.15, 0.2) is 42.5 Å². The van der Waals surface area contributed by atoms with E-state index >= 15 is 0 Å². The monoisotopic (exact) mass is 263 g/mol. The molecule has 0 saturated heterocycles. The van der Waals surface area contributed by atoms with E-state index in [1.165, 1.54) is 6.07 Å². The highest BCUT2D eigenvalue weighted by Gasteiger charge is 2.09. The van der Waals surface area contributed by atoms with E-state index in [1.807, 2.05) is 0 Å². The van der Waals surface area contributed by atoms with E-state index < -0.39 is 5.82 Å². The minimum Gasteiger partial charge on any atom is -0.319 e. The van der Waals surface area contributed by atoms with Gasteiger partial charge in [-0.2, -0.15) is 0 Å². The van der Waals surface area contributed by atoms with Crippen molar-refractivity contribution in [1.82, 2.24) is 0 Å². The van der Waals surface area contributed by atoms with Gasteiger partial charge in [0.15, 0.2) is 0 Å². The van der Waals surface area contributed by atoms with Gasteiger partial charge in [-0.25, -0.2) is 4.39 Å². The van der Waals surface area contributed by atoms with Gasteiger partial charge in [-0.1, -0.05) is 17.7 Å². The van der Waals surface area contributed by atoms with Gasteiger partial charge in [0.2, 0.25) is 0 Å². The van der Waals surface area contributed by atoms with Gasteiger partial charge in [0, 0.05) is 10.6 Å². The third-order valence-corrected chi connectivity index (χ3v) is 2.73. The Labute approximate surface area is 109 Å². The first kappa shape index (κ1) is 12.6. The first-order valence-electron chi connectivity index (χ1n) is 5.39. The maximum absolute atomic E-state index is 13.6. The van der Waals surface area contributed by atoms with Crippen molar-refractivity contribution in [3.05, 3.63) is 64.4 Å². The van der Waals surface area contributed by atoms with Crippen LogP contribution >= 0.6 is 11.6 Å². The second-order valence-electron chi connectivity index (χ2n) is 3.94. The zero-order valence-corrected chi connectivity index (χ0v) is 10.5. The van der Waals surface area contributed by atoms with Crippen molar-refractivity contribution in [2.75, 3.05) is 5.32 Å².